The lowest BCUT2D eigenvalue weighted by Gasteiger charge is -2.07. The highest BCUT2D eigenvalue weighted by Gasteiger charge is 2.17. The van der Waals surface area contributed by atoms with Crippen molar-refractivity contribution in [1.29, 1.82) is 0 Å². The van der Waals surface area contributed by atoms with Crippen LogP contribution >= 0.6 is 11.3 Å². The molecule has 0 aliphatic heterocycles. The van der Waals surface area contributed by atoms with E-state index in [9.17, 15) is 0 Å². The summed E-state index contributed by atoms with van der Waals surface area (Å²) in [7, 11) is 0. The molecule has 74 valence electrons. The number of nitrogen functional groups attached to an aromatic ring is 2. The number of thiophene rings is 1. The lowest BCUT2D eigenvalue weighted by molar-refractivity contribution is 0.751. The summed E-state index contributed by atoms with van der Waals surface area (Å²) < 4.78 is 1.20. The van der Waals surface area contributed by atoms with Gasteiger partial charge in [-0.1, -0.05) is 6.07 Å². The average Bonchev–Trinajstić information content (AvgIpc) is 2.77. The van der Waals surface area contributed by atoms with Crippen molar-refractivity contribution < 1.29 is 0 Å². The molecular weight excluding hydrogens is 200 g/mol. The summed E-state index contributed by atoms with van der Waals surface area (Å²) in [5, 5.41) is 9.39. The number of anilines is 1. The van der Waals surface area contributed by atoms with Crippen LogP contribution in [0.25, 0.3) is 0 Å². The van der Waals surface area contributed by atoms with Crippen LogP contribution in [0.2, 0.25) is 0 Å². The summed E-state index contributed by atoms with van der Waals surface area (Å²) >= 11 is 1.54. The van der Waals surface area contributed by atoms with E-state index in [-0.39, 0.29) is 12.0 Å². The molecule has 2 rings (SSSR count). The smallest absolute Gasteiger partial charge is 0.240 e. The molecule has 0 saturated heterocycles. The molecule has 2 heterocycles. The number of hydrogen-bond donors (Lipinski definition) is 3. The SMILES string of the molecule is Nc1nnc(C(N)c2cccs2)n1N. The molecule has 1 unspecified atom stereocenters. The summed E-state index contributed by atoms with van der Waals surface area (Å²) in [5.74, 6) is 6.22. The Hall–Kier alpha value is -1.60. The van der Waals surface area contributed by atoms with Crippen molar-refractivity contribution in [1.82, 2.24) is 14.9 Å². The fourth-order valence-corrected chi connectivity index (χ4v) is 1.85. The fraction of sp³-hybridized carbons (Fsp3) is 0.143. The Morgan fingerprint density at radius 3 is 2.71 bits per heavy atom. The van der Waals surface area contributed by atoms with Gasteiger partial charge in [-0.05, 0) is 11.4 Å². The van der Waals surface area contributed by atoms with E-state index in [4.69, 9.17) is 17.3 Å². The van der Waals surface area contributed by atoms with Gasteiger partial charge in [-0.3, -0.25) is 0 Å². The number of rotatable bonds is 2. The first-order valence-electron chi connectivity index (χ1n) is 3.95. The molecule has 1 atom stereocenters. The molecule has 0 fully saturated rings. The van der Waals surface area contributed by atoms with Crippen molar-refractivity contribution in [3.8, 4) is 0 Å². The molecule has 0 amide bonds. The zero-order valence-electron chi connectivity index (χ0n) is 7.29. The van der Waals surface area contributed by atoms with Crippen LogP contribution < -0.4 is 17.3 Å². The van der Waals surface area contributed by atoms with Gasteiger partial charge in [-0.2, -0.15) is 0 Å². The van der Waals surface area contributed by atoms with Crippen molar-refractivity contribution in [2.75, 3.05) is 11.6 Å². The predicted octanol–water partition coefficient (Wildman–Crippen LogP) is -0.316. The third-order valence-electron chi connectivity index (χ3n) is 1.88. The average molecular weight is 210 g/mol. The number of nitrogens with zero attached hydrogens (tertiary/aromatic N) is 3. The molecule has 0 aliphatic rings. The highest BCUT2D eigenvalue weighted by atomic mass is 32.1. The standard InChI is InChI=1S/C7H10N6S/c8-5(4-2-1-3-14-4)6-11-12-7(9)13(6)10/h1-3,5H,8,10H2,(H2,9,12). The van der Waals surface area contributed by atoms with Gasteiger partial charge in [0.25, 0.3) is 0 Å². The zero-order chi connectivity index (χ0) is 10.1. The maximum absolute atomic E-state index is 5.93. The second-order valence-electron chi connectivity index (χ2n) is 2.78. The van der Waals surface area contributed by atoms with Gasteiger partial charge in [0.15, 0.2) is 5.82 Å². The molecule has 6 N–H and O–H groups in total. The van der Waals surface area contributed by atoms with Crippen molar-refractivity contribution in [3.05, 3.63) is 28.2 Å². The molecule has 0 bridgehead atoms. The minimum atomic E-state index is -0.371. The lowest BCUT2D eigenvalue weighted by Crippen LogP contribution is -2.22. The van der Waals surface area contributed by atoms with E-state index in [1.807, 2.05) is 17.5 Å². The molecule has 0 saturated carbocycles. The maximum atomic E-state index is 5.93. The van der Waals surface area contributed by atoms with Gasteiger partial charge >= 0.3 is 0 Å². The normalized spacial score (nSPS) is 12.9. The summed E-state index contributed by atoms with van der Waals surface area (Å²) in [6, 6.07) is 3.46. The second kappa shape index (κ2) is 3.28. The lowest BCUT2D eigenvalue weighted by atomic mass is 10.2. The molecule has 0 spiro atoms. The topological polar surface area (TPSA) is 109 Å². The van der Waals surface area contributed by atoms with Gasteiger partial charge in [0.05, 0.1) is 0 Å². The molecule has 2 aromatic rings. The largest absolute Gasteiger partial charge is 0.366 e. The highest BCUT2D eigenvalue weighted by molar-refractivity contribution is 7.10. The first-order chi connectivity index (χ1) is 6.70. The summed E-state index contributed by atoms with van der Waals surface area (Å²) in [6.45, 7) is 0. The Bertz CT molecular complexity index is 419. The van der Waals surface area contributed by atoms with Crippen LogP contribution in [-0.4, -0.2) is 14.9 Å². The van der Waals surface area contributed by atoms with Crippen LogP contribution in [0, 0.1) is 0 Å². The molecule has 14 heavy (non-hydrogen) atoms. The van der Waals surface area contributed by atoms with Crippen LogP contribution in [0.4, 0.5) is 5.95 Å². The van der Waals surface area contributed by atoms with Crippen LogP contribution in [0.1, 0.15) is 16.7 Å². The molecule has 6 nitrogen and oxygen atoms in total. The molecule has 0 radical (unpaired) electrons. The van der Waals surface area contributed by atoms with Gasteiger partial charge in [-0.25, -0.2) is 4.68 Å². The predicted molar refractivity (Wildman–Crippen MR) is 54.9 cm³/mol. The third kappa shape index (κ3) is 1.32. The number of aromatic nitrogens is 3. The van der Waals surface area contributed by atoms with Crippen molar-refractivity contribution >= 4 is 17.3 Å². The van der Waals surface area contributed by atoms with E-state index in [2.05, 4.69) is 10.2 Å². The van der Waals surface area contributed by atoms with E-state index in [1.165, 1.54) is 4.68 Å². The monoisotopic (exact) mass is 210 g/mol. The Morgan fingerprint density at radius 1 is 1.43 bits per heavy atom. The van der Waals surface area contributed by atoms with Gasteiger partial charge in [-0.15, -0.1) is 21.5 Å². The Balaban J connectivity index is 2.36. The fourth-order valence-electron chi connectivity index (χ4n) is 1.12. The first kappa shape index (κ1) is 8.97. The Morgan fingerprint density at radius 2 is 2.21 bits per heavy atom. The van der Waals surface area contributed by atoms with E-state index in [0.29, 0.717) is 5.82 Å². The third-order valence-corrected chi connectivity index (χ3v) is 2.83. The molecule has 0 aliphatic carbocycles. The van der Waals surface area contributed by atoms with Gasteiger partial charge in [0.1, 0.15) is 6.04 Å². The van der Waals surface area contributed by atoms with E-state index in [0.717, 1.165) is 4.88 Å². The second-order valence-corrected chi connectivity index (χ2v) is 3.76. The van der Waals surface area contributed by atoms with Crippen molar-refractivity contribution in [2.45, 2.75) is 6.04 Å². The first-order valence-corrected chi connectivity index (χ1v) is 4.83. The highest BCUT2D eigenvalue weighted by Crippen LogP contribution is 2.21. The summed E-state index contributed by atoms with van der Waals surface area (Å²) in [4.78, 5) is 0.976. The zero-order valence-corrected chi connectivity index (χ0v) is 8.11. The van der Waals surface area contributed by atoms with Crippen LogP contribution in [0.3, 0.4) is 0 Å². The van der Waals surface area contributed by atoms with Crippen LogP contribution in [-0.2, 0) is 0 Å². The maximum Gasteiger partial charge on any atom is 0.240 e. The number of hydrogen-bond acceptors (Lipinski definition) is 6. The number of nitrogens with two attached hydrogens (primary N) is 3. The molecule has 2 aromatic heterocycles. The molecule has 7 heteroatoms. The van der Waals surface area contributed by atoms with Crippen LogP contribution in [0.5, 0.6) is 0 Å². The van der Waals surface area contributed by atoms with Gasteiger partial charge < -0.3 is 17.3 Å². The summed E-state index contributed by atoms with van der Waals surface area (Å²) in [6.07, 6.45) is 0. The Kier molecular flexibility index (Phi) is 2.10. The summed E-state index contributed by atoms with van der Waals surface area (Å²) in [5.41, 5.74) is 11.4. The van der Waals surface area contributed by atoms with Gasteiger partial charge in [0.2, 0.25) is 5.95 Å². The van der Waals surface area contributed by atoms with E-state index in [1.54, 1.807) is 11.3 Å². The molecule has 0 aromatic carbocycles. The van der Waals surface area contributed by atoms with E-state index >= 15 is 0 Å². The van der Waals surface area contributed by atoms with Crippen molar-refractivity contribution in [3.63, 3.8) is 0 Å². The molecular formula is C7H10N6S. The minimum absolute atomic E-state index is 0.159. The van der Waals surface area contributed by atoms with Gasteiger partial charge in [0, 0.05) is 4.88 Å². The minimum Gasteiger partial charge on any atom is -0.366 e. The quantitative estimate of drug-likeness (QED) is 0.589. The van der Waals surface area contributed by atoms with Crippen molar-refractivity contribution in [2.24, 2.45) is 5.73 Å². The van der Waals surface area contributed by atoms with E-state index < -0.39 is 0 Å². The van der Waals surface area contributed by atoms with Crippen LogP contribution in [0.15, 0.2) is 17.5 Å². The Labute approximate surface area is 84.3 Å².